The summed E-state index contributed by atoms with van der Waals surface area (Å²) in [6, 6.07) is 0.600. The molecule has 4 nitrogen and oxygen atoms in total. The molecule has 0 bridgehead atoms. The van der Waals surface area contributed by atoms with Gasteiger partial charge in [-0.15, -0.1) is 6.58 Å². The predicted molar refractivity (Wildman–Crippen MR) is 61.7 cm³/mol. The maximum atomic E-state index is 5.49. The molecule has 1 aromatic rings. The molecule has 0 saturated heterocycles. The van der Waals surface area contributed by atoms with Gasteiger partial charge in [-0.2, -0.15) is 4.98 Å². The van der Waals surface area contributed by atoms with Gasteiger partial charge in [0.05, 0.1) is 5.69 Å². The summed E-state index contributed by atoms with van der Waals surface area (Å²) in [4.78, 5) is 6.34. The van der Waals surface area contributed by atoms with Crippen LogP contribution in [-0.4, -0.2) is 17.1 Å². The lowest BCUT2D eigenvalue weighted by molar-refractivity contribution is 0.451. The molecule has 2 N–H and O–H groups in total. The Morgan fingerprint density at radius 3 is 2.67 bits per heavy atom. The SMILES string of the molecule is C=CCN(c1nc(CN)co1)C(C)(C)C. The molecule has 0 aromatic carbocycles. The summed E-state index contributed by atoms with van der Waals surface area (Å²) < 4.78 is 5.38. The molecule has 0 aliphatic carbocycles. The van der Waals surface area contributed by atoms with Crippen molar-refractivity contribution >= 4 is 6.01 Å². The van der Waals surface area contributed by atoms with Gasteiger partial charge in [0.25, 0.3) is 6.01 Å². The molecule has 84 valence electrons. The second-order valence-corrected chi connectivity index (χ2v) is 4.40. The van der Waals surface area contributed by atoms with Crippen LogP contribution >= 0.6 is 0 Å². The molecule has 0 spiro atoms. The Kier molecular flexibility index (Phi) is 3.52. The first-order valence-electron chi connectivity index (χ1n) is 5.02. The van der Waals surface area contributed by atoms with Gasteiger partial charge in [0.2, 0.25) is 0 Å². The third kappa shape index (κ3) is 2.83. The number of anilines is 1. The van der Waals surface area contributed by atoms with Crippen LogP contribution in [0, 0.1) is 0 Å². The first-order valence-corrected chi connectivity index (χ1v) is 5.02. The summed E-state index contributed by atoms with van der Waals surface area (Å²) >= 11 is 0. The van der Waals surface area contributed by atoms with Crippen molar-refractivity contribution in [3.63, 3.8) is 0 Å². The van der Waals surface area contributed by atoms with Gasteiger partial charge in [-0.3, -0.25) is 0 Å². The fourth-order valence-electron chi connectivity index (χ4n) is 1.28. The van der Waals surface area contributed by atoms with E-state index in [4.69, 9.17) is 10.2 Å². The highest BCUT2D eigenvalue weighted by molar-refractivity contribution is 5.32. The van der Waals surface area contributed by atoms with E-state index in [0.717, 1.165) is 5.69 Å². The lowest BCUT2D eigenvalue weighted by Gasteiger charge is -2.33. The third-order valence-electron chi connectivity index (χ3n) is 2.10. The first kappa shape index (κ1) is 11.8. The standard InChI is InChI=1S/C11H19N3O/c1-5-6-14(11(2,3)4)10-13-9(7-12)8-15-10/h5,8H,1,6-7,12H2,2-4H3. The van der Waals surface area contributed by atoms with Crippen LogP contribution in [0.2, 0.25) is 0 Å². The number of oxazole rings is 1. The molecule has 0 radical (unpaired) electrons. The van der Waals surface area contributed by atoms with E-state index in [1.165, 1.54) is 0 Å². The van der Waals surface area contributed by atoms with Gasteiger partial charge < -0.3 is 15.1 Å². The number of nitrogens with two attached hydrogens (primary N) is 1. The van der Waals surface area contributed by atoms with Crippen molar-refractivity contribution in [3.05, 3.63) is 24.6 Å². The topological polar surface area (TPSA) is 55.3 Å². The fraction of sp³-hybridized carbons (Fsp3) is 0.545. The second-order valence-electron chi connectivity index (χ2n) is 4.40. The maximum Gasteiger partial charge on any atom is 0.298 e. The first-order chi connectivity index (χ1) is 6.99. The predicted octanol–water partition coefficient (Wildman–Crippen LogP) is 1.92. The summed E-state index contributed by atoms with van der Waals surface area (Å²) in [7, 11) is 0. The number of aromatic nitrogens is 1. The van der Waals surface area contributed by atoms with E-state index < -0.39 is 0 Å². The van der Waals surface area contributed by atoms with Gasteiger partial charge in [-0.25, -0.2) is 0 Å². The van der Waals surface area contributed by atoms with Crippen LogP contribution in [0.5, 0.6) is 0 Å². The Balaban J connectivity index is 2.93. The molecular weight excluding hydrogens is 190 g/mol. The molecule has 0 aliphatic heterocycles. The highest BCUT2D eigenvalue weighted by Gasteiger charge is 2.24. The molecular formula is C11H19N3O. The third-order valence-corrected chi connectivity index (χ3v) is 2.10. The number of hydrogen-bond donors (Lipinski definition) is 1. The lowest BCUT2D eigenvalue weighted by Crippen LogP contribution is -2.41. The van der Waals surface area contributed by atoms with Crippen molar-refractivity contribution < 1.29 is 4.42 Å². The molecule has 1 rings (SSSR count). The van der Waals surface area contributed by atoms with Crippen LogP contribution in [0.15, 0.2) is 23.3 Å². The van der Waals surface area contributed by atoms with E-state index >= 15 is 0 Å². The Bertz CT molecular complexity index is 325. The van der Waals surface area contributed by atoms with Gasteiger partial charge >= 0.3 is 0 Å². The van der Waals surface area contributed by atoms with Crippen molar-refractivity contribution in [1.82, 2.24) is 4.98 Å². The van der Waals surface area contributed by atoms with Crippen molar-refractivity contribution in [2.75, 3.05) is 11.4 Å². The van der Waals surface area contributed by atoms with Gasteiger partial charge in [-0.1, -0.05) is 6.08 Å². The van der Waals surface area contributed by atoms with Crippen LogP contribution in [-0.2, 0) is 6.54 Å². The van der Waals surface area contributed by atoms with Gasteiger partial charge in [0, 0.05) is 18.6 Å². The molecule has 15 heavy (non-hydrogen) atoms. The molecule has 0 fully saturated rings. The molecule has 1 aromatic heterocycles. The van der Waals surface area contributed by atoms with E-state index in [9.17, 15) is 0 Å². The second kappa shape index (κ2) is 4.49. The summed E-state index contributed by atoms with van der Waals surface area (Å²) in [6.45, 7) is 11.1. The zero-order chi connectivity index (χ0) is 11.5. The molecule has 0 saturated carbocycles. The fourth-order valence-corrected chi connectivity index (χ4v) is 1.28. The van der Waals surface area contributed by atoms with Crippen LogP contribution in [0.25, 0.3) is 0 Å². The number of rotatable bonds is 4. The summed E-state index contributed by atoms with van der Waals surface area (Å²) in [6.07, 6.45) is 3.43. The van der Waals surface area contributed by atoms with E-state index in [2.05, 4.69) is 32.3 Å². The number of nitrogens with zero attached hydrogens (tertiary/aromatic N) is 2. The van der Waals surface area contributed by atoms with Crippen molar-refractivity contribution in [3.8, 4) is 0 Å². The van der Waals surface area contributed by atoms with Gasteiger partial charge in [0.15, 0.2) is 0 Å². The lowest BCUT2D eigenvalue weighted by atomic mass is 10.1. The van der Waals surface area contributed by atoms with Crippen LogP contribution in [0.1, 0.15) is 26.5 Å². The average Bonchev–Trinajstić information content (AvgIpc) is 2.60. The average molecular weight is 209 g/mol. The molecule has 0 amide bonds. The molecule has 0 unspecified atom stereocenters. The molecule has 0 atom stereocenters. The molecule has 4 heteroatoms. The Morgan fingerprint density at radius 1 is 1.60 bits per heavy atom. The largest absolute Gasteiger partial charge is 0.432 e. The normalized spacial score (nSPS) is 11.5. The minimum Gasteiger partial charge on any atom is -0.432 e. The summed E-state index contributed by atoms with van der Waals surface area (Å²) in [5.41, 5.74) is 6.20. The van der Waals surface area contributed by atoms with Crippen molar-refractivity contribution in [2.24, 2.45) is 5.73 Å². The summed E-state index contributed by atoms with van der Waals surface area (Å²) in [5, 5.41) is 0. The minimum atomic E-state index is -0.0507. The van der Waals surface area contributed by atoms with Crippen LogP contribution < -0.4 is 10.6 Å². The van der Waals surface area contributed by atoms with Crippen LogP contribution in [0.4, 0.5) is 6.01 Å². The Morgan fingerprint density at radius 2 is 2.27 bits per heavy atom. The van der Waals surface area contributed by atoms with E-state index in [1.807, 2.05) is 11.0 Å². The number of hydrogen-bond acceptors (Lipinski definition) is 4. The van der Waals surface area contributed by atoms with Gasteiger partial charge in [0.1, 0.15) is 6.26 Å². The zero-order valence-electron chi connectivity index (χ0n) is 9.66. The van der Waals surface area contributed by atoms with E-state index in [-0.39, 0.29) is 5.54 Å². The molecule has 1 heterocycles. The monoisotopic (exact) mass is 209 g/mol. The van der Waals surface area contributed by atoms with E-state index in [1.54, 1.807) is 6.26 Å². The maximum absolute atomic E-state index is 5.49. The van der Waals surface area contributed by atoms with E-state index in [0.29, 0.717) is 19.1 Å². The van der Waals surface area contributed by atoms with Crippen LogP contribution in [0.3, 0.4) is 0 Å². The smallest absolute Gasteiger partial charge is 0.298 e. The summed E-state index contributed by atoms with van der Waals surface area (Å²) in [5.74, 6) is 0. The quantitative estimate of drug-likeness (QED) is 0.770. The Hall–Kier alpha value is -1.29. The van der Waals surface area contributed by atoms with Gasteiger partial charge in [-0.05, 0) is 20.8 Å². The highest BCUT2D eigenvalue weighted by atomic mass is 16.4. The highest BCUT2D eigenvalue weighted by Crippen LogP contribution is 2.22. The Labute approximate surface area is 90.8 Å². The zero-order valence-corrected chi connectivity index (χ0v) is 9.66. The minimum absolute atomic E-state index is 0.0507. The van der Waals surface area contributed by atoms with Crippen molar-refractivity contribution in [1.29, 1.82) is 0 Å². The molecule has 0 aliphatic rings. The van der Waals surface area contributed by atoms with Crippen molar-refractivity contribution in [2.45, 2.75) is 32.9 Å².